The molecule has 1 atom stereocenters. The van der Waals surface area contributed by atoms with E-state index in [4.69, 9.17) is 0 Å². The van der Waals surface area contributed by atoms with Gasteiger partial charge in [0.2, 0.25) is 0 Å². The molecule has 3 heterocycles. The van der Waals surface area contributed by atoms with Gasteiger partial charge < -0.3 is 4.90 Å². The van der Waals surface area contributed by atoms with Crippen molar-refractivity contribution in [3.63, 3.8) is 0 Å². The minimum absolute atomic E-state index is 0.542. The van der Waals surface area contributed by atoms with Gasteiger partial charge in [0.1, 0.15) is 6.67 Å². The van der Waals surface area contributed by atoms with Crippen LogP contribution in [0.25, 0.3) is 0 Å². The zero-order valence-corrected chi connectivity index (χ0v) is 8.57. The molecule has 3 rings (SSSR count). The molecule has 1 unspecified atom stereocenters. The van der Waals surface area contributed by atoms with Crippen LogP contribution in [0.2, 0.25) is 0 Å². The molecule has 0 amide bonds. The van der Waals surface area contributed by atoms with Gasteiger partial charge in [-0.2, -0.15) is 5.10 Å². The summed E-state index contributed by atoms with van der Waals surface area (Å²) in [4.78, 5) is 6.91. The second-order valence-electron chi connectivity index (χ2n) is 3.19. The van der Waals surface area contributed by atoms with Gasteiger partial charge in [0, 0.05) is 17.8 Å². The Kier molecular flexibility index (Phi) is 1.81. The largest absolute Gasteiger partial charge is 0.317 e. The minimum atomic E-state index is -1.04. The van der Waals surface area contributed by atoms with E-state index in [2.05, 4.69) is 15.2 Å². The summed E-state index contributed by atoms with van der Waals surface area (Å²) < 4.78 is 11.5. The zero-order valence-electron chi connectivity index (χ0n) is 7.75. The Hall–Kier alpha value is -1.69. The SMILES string of the molecule is O=S1C=CC2=C1C=NCN2c1cn[nH]c1. The van der Waals surface area contributed by atoms with Crippen molar-refractivity contribution in [3.8, 4) is 0 Å². The fourth-order valence-corrected chi connectivity index (χ4v) is 2.58. The Bertz CT molecular complexity index is 500. The smallest absolute Gasteiger partial charge is 0.115 e. The van der Waals surface area contributed by atoms with E-state index in [0.29, 0.717) is 6.67 Å². The monoisotopic (exact) mass is 220 g/mol. The lowest BCUT2D eigenvalue weighted by Gasteiger charge is -2.24. The first-order chi connectivity index (χ1) is 7.36. The third kappa shape index (κ3) is 1.25. The van der Waals surface area contributed by atoms with Crippen molar-refractivity contribution in [2.24, 2.45) is 4.99 Å². The molecule has 5 nitrogen and oxygen atoms in total. The lowest BCUT2D eigenvalue weighted by Crippen LogP contribution is -2.25. The number of nitrogens with zero attached hydrogens (tertiary/aromatic N) is 3. The maximum atomic E-state index is 11.5. The van der Waals surface area contributed by atoms with Gasteiger partial charge in [-0.05, 0) is 6.08 Å². The average Bonchev–Trinajstić information content (AvgIpc) is 2.88. The number of hydrogen-bond acceptors (Lipinski definition) is 4. The van der Waals surface area contributed by atoms with E-state index in [-0.39, 0.29) is 0 Å². The molecule has 1 aromatic heterocycles. The van der Waals surface area contributed by atoms with Gasteiger partial charge in [-0.25, -0.2) is 4.21 Å². The summed E-state index contributed by atoms with van der Waals surface area (Å²) in [6, 6.07) is 0. The van der Waals surface area contributed by atoms with E-state index in [1.807, 2.05) is 11.0 Å². The van der Waals surface area contributed by atoms with Crippen molar-refractivity contribution in [3.05, 3.63) is 34.5 Å². The number of anilines is 1. The molecule has 0 fully saturated rings. The van der Waals surface area contributed by atoms with Crippen LogP contribution >= 0.6 is 0 Å². The molecule has 1 N–H and O–H groups in total. The fourth-order valence-electron chi connectivity index (χ4n) is 1.62. The van der Waals surface area contributed by atoms with Crippen LogP contribution in [0.3, 0.4) is 0 Å². The summed E-state index contributed by atoms with van der Waals surface area (Å²) in [6.45, 7) is 0.542. The van der Waals surface area contributed by atoms with Gasteiger partial charge in [0.25, 0.3) is 0 Å². The van der Waals surface area contributed by atoms with E-state index < -0.39 is 10.8 Å². The molecular weight excluding hydrogens is 212 g/mol. The summed E-state index contributed by atoms with van der Waals surface area (Å²) >= 11 is 0. The summed E-state index contributed by atoms with van der Waals surface area (Å²) in [5.74, 6) is 0. The number of hydrogen-bond donors (Lipinski definition) is 1. The topological polar surface area (TPSA) is 61.4 Å². The maximum Gasteiger partial charge on any atom is 0.115 e. The Balaban J connectivity index is 2.07. The Morgan fingerprint density at radius 3 is 3.27 bits per heavy atom. The van der Waals surface area contributed by atoms with E-state index in [0.717, 1.165) is 16.3 Å². The second-order valence-corrected chi connectivity index (χ2v) is 4.49. The highest BCUT2D eigenvalue weighted by Crippen LogP contribution is 2.28. The summed E-state index contributed by atoms with van der Waals surface area (Å²) in [6.07, 6.45) is 7.06. The molecule has 0 spiro atoms. The van der Waals surface area contributed by atoms with Crippen LogP contribution < -0.4 is 4.90 Å². The molecule has 1 aromatic rings. The summed E-state index contributed by atoms with van der Waals surface area (Å²) in [5.41, 5.74) is 1.88. The molecule has 2 aliphatic heterocycles. The van der Waals surface area contributed by atoms with Crippen LogP contribution in [0.15, 0.2) is 39.5 Å². The molecular formula is C9H8N4OS. The van der Waals surface area contributed by atoms with Gasteiger partial charge in [-0.1, -0.05) is 0 Å². The van der Waals surface area contributed by atoms with Crippen LogP contribution in [-0.4, -0.2) is 27.3 Å². The molecule has 0 aliphatic carbocycles. The minimum Gasteiger partial charge on any atom is -0.317 e. The molecule has 2 aliphatic rings. The lowest BCUT2D eigenvalue weighted by molar-refractivity contribution is 0.692. The van der Waals surface area contributed by atoms with E-state index in [9.17, 15) is 4.21 Å². The highest BCUT2D eigenvalue weighted by atomic mass is 32.2. The fraction of sp³-hybridized carbons (Fsp3) is 0.111. The van der Waals surface area contributed by atoms with E-state index >= 15 is 0 Å². The van der Waals surface area contributed by atoms with Crippen molar-refractivity contribution in [2.45, 2.75) is 0 Å². The number of aliphatic imine (C=N–C) groups is 1. The lowest BCUT2D eigenvalue weighted by atomic mass is 10.3. The van der Waals surface area contributed by atoms with Gasteiger partial charge >= 0.3 is 0 Å². The molecule has 0 bridgehead atoms. The maximum absolute atomic E-state index is 11.5. The molecule has 76 valence electrons. The first kappa shape index (κ1) is 8.60. The third-order valence-electron chi connectivity index (χ3n) is 2.34. The van der Waals surface area contributed by atoms with Crippen LogP contribution in [0.4, 0.5) is 5.69 Å². The van der Waals surface area contributed by atoms with Crippen molar-refractivity contribution < 1.29 is 4.21 Å². The van der Waals surface area contributed by atoms with E-state index in [1.54, 1.807) is 24.0 Å². The van der Waals surface area contributed by atoms with Crippen LogP contribution in [0.1, 0.15) is 0 Å². The van der Waals surface area contributed by atoms with Crippen LogP contribution in [0.5, 0.6) is 0 Å². The first-order valence-electron chi connectivity index (χ1n) is 4.45. The van der Waals surface area contributed by atoms with Gasteiger partial charge in [0.05, 0.1) is 33.3 Å². The number of aromatic amines is 1. The quantitative estimate of drug-likeness (QED) is 0.759. The Morgan fingerprint density at radius 2 is 2.47 bits per heavy atom. The van der Waals surface area contributed by atoms with E-state index in [1.165, 1.54) is 0 Å². The second kappa shape index (κ2) is 3.16. The van der Waals surface area contributed by atoms with Crippen molar-refractivity contribution in [2.75, 3.05) is 11.6 Å². The number of H-pyrrole nitrogens is 1. The molecule has 15 heavy (non-hydrogen) atoms. The molecule has 0 aromatic carbocycles. The first-order valence-corrected chi connectivity index (χ1v) is 5.67. The summed E-state index contributed by atoms with van der Waals surface area (Å²) in [5, 5.41) is 8.32. The number of allylic oxidation sites excluding steroid dienone is 2. The van der Waals surface area contributed by atoms with Gasteiger partial charge in [-0.3, -0.25) is 10.1 Å². The van der Waals surface area contributed by atoms with Crippen LogP contribution in [0, 0.1) is 0 Å². The standard InChI is InChI=1S/C9H8N4OS/c14-15-2-1-8-9(15)5-10-6-13(8)7-3-11-12-4-7/h1-5H,6H2,(H,11,12). The van der Waals surface area contributed by atoms with Crippen molar-refractivity contribution in [1.82, 2.24) is 10.2 Å². The van der Waals surface area contributed by atoms with Gasteiger partial charge in [-0.15, -0.1) is 0 Å². The Morgan fingerprint density at radius 1 is 1.53 bits per heavy atom. The van der Waals surface area contributed by atoms with Crippen molar-refractivity contribution in [1.29, 1.82) is 0 Å². The number of nitrogens with one attached hydrogen (secondary N) is 1. The van der Waals surface area contributed by atoms with Crippen LogP contribution in [-0.2, 0) is 10.8 Å². The average molecular weight is 220 g/mol. The van der Waals surface area contributed by atoms with Crippen molar-refractivity contribution >= 4 is 22.7 Å². The highest BCUT2D eigenvalue weighted by Gasteiger charge is 2.24. The number of aromatic nitrogens is 2. The molecule has 0 saturated carbocycles. The summed E-state index contributed by atoms with van der Waals surface area (Å²) in [7, 11) is -1.04. The normalized spacial score (nSPS) is 23.7. The highest BCUT2D eigenvalue weighted by molar-refractivity contribution is 7.93. The molecule has 0 saturated heterocycles. The predicted molar refractivity (Wildman–Crippen MR) is 58.7 cm³/mol. The molecule has 6 heteroatoms. The molecule has 0 radical (unpaired) electrons. The predicted octanol–water partition coefficient (Wildman–Crippen LogP) is 0.746. The Labute approximate surface area is 88.7 Å². The zero-order chi connectivity index (χ0) is 10.3. The number of rotatable bonds is 1. The van der Waals surface area contributed by atoms with Gasteiger partial charge in [0.15, 0.2) is 0 Å². The third-order valence-corrected chi connectivity index (χ3v) is 3.47.